The molecule has 0 heterocycles. The van der Waals surface area contributed by atoms with Gasteiger partial charge in [0.25, 0.3) is 0 Å². The Kier molecular flexibility index (Phi) is 7.56. The van der Waals surface area contributed by atoms with Crippen molar-refractivity contribution in [3.05, 3.63) is 36.4 Å². The van der Waals surface area contributed by atoms with Gasteiger partial charge in [-0.05, 0) is 44.5 Å². The molecule has 0 bridgehead atoms. The predicted molar refractivity (Wildman–Crippen MR) is 154 cm³/mol. The lowest BCUT2D eigenvalue weighted by Crippen LogP contribution is -1.96. The van der Waals surface area contributed by atoms with Crippen LogP contribution in [0.2, 0.25) is 0 Å². The highest BCUT2D eigenvalue weighted by molar-refractivity contribution is 8.01. The standard InChI is InChI=1S/C28H34S4/c1-15(2)29-23-13-24(30-16(3)4)20-11-12-22-26(32-18(7)8)14-25(31-17(5)6)21-10-9-19(23)27(20)28(21)22/h9-18H,1-8H3. The van der Waals surface area contributed by atoms with E-state index < -0.39 is 0 Å². The second-order valence-electron chi connectivity index (χ2n) is 9.48. The average molecular weight is 499 g/mol. The molecular formula is C28H34S4. The highest BCUT2D eigenvalue weighted by Gasteiger charge is 2.20. The molecule has 170 valence electrons. The molecular weight excluding hydrogens is 465 g/mol. The summed E-state index contributed by atoms with van der Waals surface area (Å²) in [6, 6.07) is 14.4. The topological polar surface area (TPSA) is 0 Å². The molecule has 0 saturated heterocycles. The van der Waals surface area contributed by atoms with Crippen LogP contribution in [0.4, 0.5) is 0 Å². The third-order valence-corrected chi connectivity index (χ3v) is 9.45. The molecule has 4 heteroatoms. The number of rotatable bonds is 8. The van der Waals surface area contributed by atoms with Crippen molar-refractivity contribution in [1.29, 1.82) is 0 Å². The minimum absolute atomic E-state index is 0.560. The van der Waals surface area contributed by atoms with Crippen LogP contribution in [0.15, 0.2) is 56.0 Å². The smallest absolute Gasteiger partial charge is 0.0165 e. The second-order valence-corrected chi connectivity index (χ2v) is 16.0. The van der Waals surface area contributed by atoms with Crippen LogP contribution < -0.4 is 0 Å². The lowest BCUT2D eigenvalue weighted by molar-refractivity contribution is 1.10. The maximum absolute atomic E-state index is 2.45. The van der Waals surface area contributed by atoms with Crippen molar-refractivity contribution in [3.8, 4) is 0 Å². The molecule has 0 atom stereocenters. The zero-order chi connectivity index (χ0) is 23.2. The quantitative estimate of drug-likeness (QED) is 0.175. The average Bonchev–Trinajstić information content (AvgIpc) is 2.68. The first-order valence-corrected chi connectivity index (χ1v) is 15.1. The van der Waals surface area contributed by atoms with Crippen LogP contribution in [-0.4, -0.2) is 21.0 Å². The fraction of sp³-hybridized carbons (Fsp3) is 0.429. The van der Waals surface area contributed by atoms with Crippen LogP contribution in [0.1, 0.15) is 55.4 Å². The Morgan fingerprint density at radius 1 is 0.406 bits per heavy atom. The summed E-state index contributed by atoms with van der Waals surface area (Å²) in [7, 11) is 0. The van der Waals surface area contributed by atoms with Crippen LogP contribution in [0, 0.1) is 0 Å². The number of benzene rings is 4. The molecule has 0 nitrogen and oxygen atoms in total. The van der Waals surface area contributed by atoms with Gasteiger partial charge in [0.1, 0.15) is 0 Å². The Balaban J connectivity index is 2.15. The van der Waals surface area contributed by atoms with E-state index >= 15 is 0 Å². The van der Waals surface area contributed by atoms with Gasteiger partial charge >= 0.3 is 0 Å². The van der Waals surface area contributed by atoms with E-state index in [9.17, 15) is 0 Å². The van der Waals surface area contributed by atoms with E-state index in [1.165, 1.54) is 51.9 Å². The minimum atomic E-state index is 0.560. The van der Waals surface area contributed by atoms with Crippen molar-refractivity contribution in [2.24, 2.45) is 0 Å². The molecule has 0 aromatic heterocycles. The van der Waals surface area contributed by atoms with Gasteiger partial charge in [-0.3, -0.25) is 0 Å². The van der Waals surface area contributed by atoms with Crippen LogP contribution in [0.25, 0.3) is 32.3 Å². The van der Waals surface area contributed by atoms with Gasteiger partial charge in [-0.25, -0.2) is 0 Å². The van der Waals surface area contributed by atoms with E-state index in [2.05, 4.69) is 91.8 Å². The van der Waals surface area contributed by atoms with Crippen molar-refractivity contribution in [2.45, 2.75) is 96.0 Å². The van der Waals surface area contributed by atoms with E-state index in [4.69, 9.17) is 0 Å². The first-order valence-electron chi connectivity index (χ1n) is 11.6. The highest BCUT2D eigenvalue weighted by Crippen LogP contribution is 2.49. The van der Waals surface area contributed by atoms with Crippen molar-refractivity contribution < 1.29 is 0 Å². The third-order valence-electron chi connectivity index (χ3n) is 5.20. The van der Waals surface area contributed by atoms with Crippen LogP contribution in [0.3, 0.4) is 0 Å². The van der Waals surface area contributed by atoms with Crippen molar-refractivity contribution in [3.63, 3.8) is 0 Å². The molecule has 0 aliphatic heterocycles. The van der Waals surface area contributed by atoms with Crippen molar-refractivity contribution in [2.75, 3.05) is 0 Å². The van der Waals surface area contributed by atoms with E-state index in [0.717, 1.165) is 0 Å². The monoisotopic (exact) mass is 498 g/mol. The first kappa shape index (κ1) is 24.4. The zero-order valence-electron chi connectivity index (χ0n) is 20.4. The minimum Gasteiger partial charge on any atom is -0.123 e. The molecule has 4 aromatic rings. The molecule has 4 rings (SSSR count). The van der Waals surface area contributed by atoms with Gasteiger partial charge in [0.2, 0.25) is 0 Å². The fourth-order valence-corrected chi connectivity index (χ4v) is 8.38. The number of thioether (sulfide) groups is 4. The van der Waals surface area contributed by atoms with Gasteiger partial charge in [-0.2, -0.15) is 0 Å². The number of hydrogen-bond donors (Lipinski definition) is 0. The van der Waals surface area contributed by atoms with E-state index in [1.807, 2.05) is 47.0 Å². The Labute approximate surface area is 210 Å². The maximum Gasteiger partial charge on any atom is 0.0165 e. The molecule has 0 aliphatic rings. The Hall–Kier alpha value is -0.680. The molecule has 0 amide bonds. The van der Waals surface area contributed by atoms with Gasteiger partial charge in [0, 0.05) is 40.6 Å². The lowest BCUT2D eigenvalue weighted by atomic mass is 9.94. The lowest BCUT2D eigenvalue weighted by Gasteiger charge is -2.22. The molecule has 0 saturated carbocycles. The van der Waals surface area contributed by atoms with E-state index in [0.29, 0.717) is 21.0 Å². The van der Waals surface area contributed by atoms with E-state index in [1.54, 1.807) is 0 Å². The Bertz CT molecular complexity index is 1050. The Morgan fingerprint density at radius 2 is 0.625 bits per heavy atom. The summed E-state index contributed by atoms with van der Waals surface area (Å²) >= 11 is 7.99. The van der Waals surface area contributed by atoms with Gasteiger partial charge < -0.3 is 0 Å². The maximum atomic E-state index is 2.45. The molecule has 0 aliphatic carbocycles. The summed E-state index contributed by atoms with van der Waals surface area (Å²) in [6.07, 6.45) is 0. The van der Waals surface area contributed by atoms with Crippen LogP contribution in [-0.2, 0) is 0 Å². The normalized spacial score (nSPS) is 12.8. The largest absolute Gasteiger partial charge is 0.123 e. The molecule has 4 aromatic carbocycles. The second kappa shape index (κ2) is 9.90. The van der Waals surface area contributed by atoms with Gasteiger partial charge in [0.15, 0.2) is 0 Å². The fourth-order valence-electron chi connectivity index (χ4n) is 4.27. The van der Waals surface area contributed by atoms with Crippen LogP contribution >= 0.6 is 47.0 Å². The van der Waals surface area contributed by atoms with Gasteiger partial charge in [-0.15, -0.1) is 47.0 Å². The Morgan fingerprint density at radius 3 is 0.812 bits per heavy atom. The SMILES string of the molecule is CC(C)Sc1cc(SC(C)C)c2ccc3c(SC(C)C)cc(SC(C)C)c4ccc1c2c43. The predicted octanol–water partition coefficient (Wildman–Crippen LogP) is 10.6. The summed E-state index contributed by atoms with van der Waals surface area (Å²) < 4.78 is 0. The molecule has 0 radical (unpaired) electrons. The molecule has 0 fully saturated rings. The summed E-state index contributed by atoms with van der Waals surface area (Å²) in [6.45, 7) is 18.4. The summed E-state index contributed by atoms with van der Waals surface area (Å²) in [5.74, 6) is 0. The molecule has 32 heavy (non-hydrogen) atoms. The van der Waals surface area contributed by atoms with Crippen molar-refractivity contribution >= 4 is 79.4 Å². The summed E-state index contributed by atoms with van der Waals surface area (Å²) in [5.41, 5.74) is 0. The third kappa shape index (κ3) is 4.89. The van der Waals surface area contributed by atoms with Gasteiger partial charge in [0.05, 0.1) is 0 Å². The van der Waals surface area contributed by atoms with Crippen LogP contribution in [0.5, 0.6) is 0 Å². The van der Waals surface area contributed by atoms with Crippen molar-refractivity contribution in [1.82, 2.24) is 0 Å². The summed E-state index contributed by atoms with van der Waals surface area (Å²) in [4.78, 5) is 5.69. The summed E-state index contributed by atoms with van der Waals surface area (Å²) in [5, 5.41) is 10.8. The zero-order valence-corrected chi connectivity index (χ0v) is 23.7. The molecule has 0 N–H and O–H groups in total. The molecule has 0 unspecified atom stereocenters. The highest BCUT2D eigenvalue weighted by atomic mass is 32.2. The number of hydrogen-bond acceptors (Lipinski definition) is 4. The van der Waals surface area contributed by atoms with Gasteiger partial charge in [-0.1, -0.05) is 79.7 Å². The molecule has 0 spiro atoms. The van der Waals surface area contributed by atoms with E-state index in [-0.39, 0.29) is 0 Å². The first-order chi connectivity index (χ1) is 15.2.